The first-order valence-corrected chi connectivity index (χ1v) is 5.66. The molecule has 96 valence electrons. The molecule has 17 heavy (non-hydrogen) atoms. The molecule has 4 heteroatoms. The third-order valence-electron chi connectivity index (χ3n) is 2.87. The molecule has 0 aliphatic rings. The quantitative estimate of drug-likeness (QED) is 0.863. The van der Waals surface area contributed by atoms with Crippen LogP contribution in [0.15, 0.2) is 18.2 Å². The number of benzene rings is 1. The smallest absolute Gasteiger partial charge is 0.327 e. The van der Waals surface area contributed by atoms with Gasteiger partial charge in [0.2, 0.25) is 0 Å². The van der Waals surface area contributed by atoms with Gasteiger partial charge in [-0.15, -0.1) is 0 Å². The second kappa shape index (κ2) is 5.54. The summed E-state index contributed by atoms with van der Waals surface area (Å²) in [5, 5.41) is 0. The lowest BCUT2D eigenvalue weighted by Crippen LogP contribution is -2.25. The minimum absolute atomic E-state index is 0.0174. The Kier molecular flexibility index (Phi) is 4.57. The van der Waals surface area contributed by atoms with E-state index in [-0.39, 0.29) is 6.42 Å². The molecule has 0 aliphatic carbocycles. The fourth-order valence-electron chi connectivity index (χ4n) is 1.68. The number of hydrogen-bond donors (Lipinski definition) is 1. The molecular formula is C13H18F3N. The Bertz CT molecular complexity index is 371. The van der Waals surface area contributed by atoms with Crippen LogP contribution in [0.2, 0.25) is 0 Å². The lowest BCUT2D eigenvalue weighted by Gasteiger charge is -2.14. The van der Waals surface area contributed by atoms with E-state index in [0.717, 1.165) is 11.1 Å². The van der Waals surface area contributed by atoms with E-state index < -0.39 is 18.6 Å². The molecule has 0 bridgehead atoms. The molecule has 0 aliphatic heterocycles. The number of hydrogen-bond acceptors (Lipinski definition) is 1. The Morgan fingerprint density at radius 1 is 1.18 bits per heavy atom. The van der Waals surface area contributed by atoms with E-state index in [1.165, 1.54) is 5.56 Å². The fraction of sp³-hybridized carbons (Fsp3) is 0.538. The molecule has 2 N–H and O–H groups in total. The minimum atomic E-state index is -4.11. The van der Waals surface area contributed by atoms with E-state index in [0.29, 0.717) is 6.42 Å². The molecule has 1 aromatic carbocycles. The molecule has 1 rings (SSSR count). The molecule has 1 aromatic rings. The maximum Gasteiger partial charge on any atom is 0.389 e. The molecule has 0 saturated heterocycles. The van der Waals surface area contributed by atoms with Crippen molar-refractivity contribution in [2.24, 2.45) is 5.73 Å². The standard InChI is InChI=1S/C13H18F3N/c1-9-3-4-11(7-10(9)2)8-12(17)5-6-13(14,15)16/h3-4,7,12H,5-6,8,17H2,1-2H3. The second-order valence-corrected chi connectivity index (χ2v) is 4.54. The van der Waals surface area contributed by atoms with E-state index in [1.807, 2.05) is 32.0 Å². The summed E-state index contributed by atoms with van der Waals surface area (Å²) in [5.74, 6) is 0. The van der Waals surface area contributed by atoms with Gasteiger partial charge in [-0.05, 0) is 43.4 Å². The van der Waals surface area contributed by atoms with Crippen LogP contribution < -0.4 is 5.73 Å². The van der Waals surface area contributed by atoms with Crippen LogP contribution in [0, 0.1) is 13.8 Å². The summed E-state index contributed by atoms with van der Waals surface area (Å²) < 4.78 is 36.0. The largest absolute Gasteiger partial charge is 0.389 e. The zero-order valence-corrected chi connectivity index (χ0v) is 10.1. The third kappa shape index (κ3) is 5.22. The van der Waals surface area contributed by atoms with Crippen molar-refractivity contribution in [2.45, 2.75) is 45.3 Å². The maximum atomic E-state index is 12.0. The summed E-state index contributed by atoms with van der Waals surface area (Å²) in [4.78, 5) is 0. The maximum absolute atomic E-state index is 12.0. The Balaban J connectivity index is 2.50. The number of halogens is 3. The number of nitrogens with two attached hydrogens (primary N) is 1. The highest BCUT2D eigenvalue weighted by atomic mass is 19.4. The monoisotopic (exact) mass is 245 g/mol. The van der Waals surface area contributed by atoms with Gasteiger partial charge in [-0.2, -0.15) is 13.2 Å². The van der Waals surface area contributed by atoms with Gasteiger partial charge in [0.15, 0.2) is 0 Å². The van der Waals surface area contributed by atoms with E-state index in [2.05, 4.69) is 0 Å². The van der Waals surface area contributed by atoms with Crippen molar-refractivity contribution in [1.29, 1.82) is 0 Å². The highest BCUT2D eigenvalue weighted by Gasteiger charge is 2.27. The molecule has 0 spiro atoms. The van der Waals surface area contributed by atoms with Gasteiger partial charge >= 0.3 is 6.18 Å². The predicted molar refractivity (Wildman–Crippen MR) is 62.9 cm³/mol. The van der Waals surface area contributed by atoms with Crippen molar-refractivity contribution in [3.05, 3.63) is 34.9 Å². The number of alkyl halides is 3. The van der Waals surface area contributed by atoms with Gasteiger partial charge in [0.05, 0.1) is 0 Å². The molecule has 0 saturated carbocycles. The third-order valence-corrected chi connectivity index (χ3v) is 2.87. The van der Waals surface area contributed by atoms with Gasteiger partial charge in [0, 0.05) is 12.5 Å². The van der Waals surface area contributed by atoms with E-state index in [1.54, 1.807) is 0 Å². The summed E-state index contributed by atoms with van der Waals surface area (Å²) in [5.41, 5.74) is 9.03. The van der Waals surface area contributed by atoms with Crippen molar-refractivity contribution < 1.29 is 13.2 Å². The van der Waals surface area contributed by atoms with Crippen LogP contribution in [-0.2, 0) is 6.42 Å². The summed E-state index contributed by atoms with van der Waals surface area (Å²) in [6, 6.07) is 5.46. The van der Waals surface area contributed by atoms with Crippen LogP contribution in [0.25, 0.3) is 0 Å². The molecule has 0 amide bonds. The van der Waals surface area contributed by atoms with Gasteiger partial charge in [-0.3, -0.25) is 0 Å². The van der Waals surface area contributed by atoms with Gasteiger partial charge in [0.1, 0.15) is 0 Å². The van der Waals surface area contributed by atoms with Gasteiger partial charge in [0.25, 0.3) is 0 Å². The molecule has 0 heterocycles. The second-order valence-electron chi connectivity index (χ2n) is 4.54. The van der Waals surface area contributed by atoms with Crippen LogP contribution in [0.4, 0.5) is 13.2 Å². The van der Waals surface area contributed by atoms with Crippen molar-refractivity contribution >= 4 is 0 Å². The molecular weight excluding hydrogens is 227 g/mol. The zero-order valence-electron chi connectivity index (χ0n) is 10.1. The van der Waals surface area contributed by atoms with Crippen LogP contribution in [0.5, 0.6) is 0 Å². The molecule has 0 fully saturated rings. The fourth-order valence-corrected chi connectivity index (χ4v) is 1.68. The Morgan fingerprint density at radius 2 is 1.82 bits per heavy atom. The van der Waals surface area contributed by atoms with E-state index in [4.69, 9.17) is 5.73 Å². The average Bonchev–Trinajstić information content (AvgIpc) is 2.20. The lowest BCUT2D eigenvalue weighted by atomic mass is 9.99. The van der Waals surface area contributed by atoms with Crippen molar-refractivity contribution in [3.63, 3.8) is 0 Å². The van der Waals surface area contributed by atoms with Crippen LogP contribution in [0.1, 0.15) is 29.5 Å². The SMILES string of the molecule is Cc1ccc(CC(N)CCC(F)(F)F)cc1C. The van der Waals surface area contributed by atoms with Crippen molar-refractivity contribution in [1.82, 2.24) is 0 Å². The Hall–Kier alpha value is -1.03. The molecule has 0 radical (unpaired) electrons. The molecule has 1 atom stereocenters. The summed E-state index contributed by atoms with van der Waals surface area (Å²) in [7, 11) is 0. The number of rotatable bonds is 4. The first kappa shape index (κ1) is 14.0. The molecule has 1 unspecified atom stereocenters. The van der Waals surface area contributed by atoms with E-state index in [9.17, 15) is 13.2 Å². The lowest BCUT2D eigenvalue weighted by molar-refractivity contribution is -0.136. The highest BCUT2D eigenvalue weighted by Crippen LogP contribution is 2.22. The van der Waals surface area contributed by atoms with Crippen molar-refractivity contribution in [3.8, 4) is 0 Å². The van der Waals surface area contributed by atoms with E-state index >= 15 is 0 Å². The van der Waals surface area contributed by atoms with Crippen LogP contribution in [0.3, 0.4) is 0 Å². The Morgan fingerprint density at radius 3 is 2.35 bits per heavy atom. The van der Waals surface area contributed by atoms with Gasteiger partial charge in [-0.1, -0.05) is 18.2 Å². The Labute approximate surface area is 99.8 Å². The van der Waals surface area contributed by atoms with Gasteiger partial charge < -0.3 is 5.73 Å². The van der Waals surface area contributed by atoms with Crippen molar-refractivity contribution in [2.75, 3.05) is 0 Å². The molecule has 1 nitrogen and oxygen atoms in total. The normalized spacial score (nSPS) is 13.8. The van der Waals surface area contributed by atoms with Gasteiger partial charge in [-0.25, -0.2) is 0 Å². The first-order chi connectivity index (χ1) is 7.78. The van der Waals surface area contributed by atoms with Crippen LogP contribution >= 0.6 is 0 Å². The molecule has 0 aromatic heterocycles. The predicted octanol–water partition coefficient (Wildman–Crippen LogP) is 3.52. The number of aryl methyl sites for hydroxylation is 2. The minimum Gasteiger partial charge on any atom is -0.327 e. The summed E-state index contributed by atoms with van der Waals surface area (Å²) >= 11 is 0. The topological polar surface area (TPSA) is 26.0 Å². The first-order valence-electron chi connectivity index (χ1n) is 5.66. The van der Waals surface area contributed by atoms with Crippen LogP contribution in [-0.4, -0.2) is 12.2 Å². The summed E-state index contributed by atoms with van der Waals surface area (Å²) in [6.07, 6.45) is -4.44. The zero-order chi connectivity index (χ0) is 13.1. The highest BCUT2D eigenvalue weighted by molar-refractivity contribution is 5.30. The average molecular weight is 245 g/mol. The summed E-state index contributed by atoms with van der Waals surface area (Å²) in [6.45, 7) is 3.99.